The number of rotatable bonds is 9. The Bertz CT molecular complexity index is 2170. The zero-order chi connectivity index (χ0) is 38.4. The van der Waals surface area contributed by atoms with Gasteiger partial charge in [-0.05, 0) is 73.5 Å². The number of benzene rings is 3. The number of aromatic nitrogens is 4. The Morgan fingerprint density at radius 2 is 1.64 bits per heavy atom. The van der Waals surface area contributed by atoms with Crippen LogP contribution in [0.5, 0.6) is 11.8 Å². The van der Waals surface area contributed by atoms with Crippen LogP contribution in [-0.2, 0) is 9.47 Å². The van der Waals surface area contributed by atoms with E-state index in [1.807, 2.05) is 74.8 Å². The molecule has 7 heterocycles. The number of amides is 1. The Labute approximate surface area is 330 Å². The highest BCUT2D eigenvalue weighted by molar-refractivity contribution is 6.35. The first kappa shape index (κ1) is 37.5. The number of aromatic amines is 2. The van der Waals surface area contributed by atoms with Crippen LogP contribution >= 0.6 is 11.6 Å². The van der Waals surface area contributed by atoms with Gasteiger partial charge in [0, 0.05) is 42.6 Å². The van der Waals surface area contributed by atoms with E-state index in [1.54, 1.807) is 0 Å². The van der Waals surface area contributed by atoms with E-state index in [1.165, 1.54) is 16.5 Å². The Hall–Kier alpha value is -5.40. The number of carbonyl (C=O) groups excluding carboxylic acids is 1. The molecule has 0 aliphatic carbocycles. The number of para-hydroxylation sites is 1. The van der Waals surface area contributed by atoms with Crippen molar-refractivity contribution in [1.29, 1.82) is 0 Å². The largest absolute Gasteiger partial charge is 0.478 e. The van der Waals surface area contributed by atoms with Crippen LogP contribution in [0.15, 0.2) is 109 Å². The van der Waals surface area contributed by atoms with Gasteiger partial charge < -0.3 is 39.5 Å². The molecule has 12 nitrogen and oxygen atoms in total. The molecule has 0 spiro atoms. The molecule has 4 fully saturated rings. The predicted molar refractivity (Wildman–Crippen MR) is 217 cm³/mol. The van der Waals surface area contributed by atoms with E-state index in [-0.39, 0.29) is 34.7 Å². The maximum absolute atomic E-state index is 12.3. The fourth-order valence-electron chi connectivity index (χ4n) is 7.84. The first-order valence-corrected chi connectivity index (χ1v) is 19.6. The topological polar surface area (TPSA) is 139 Å². The van der Waals surface area contributed by atoms with Gasteiger partial charge in [-0.1, -0.05) is 72.3 Å². The Morgan fingerprint density at radius 1 is 0.875 bits per heavy atom. The molecular weight excluding hydrogens is 730 g/mol. The molecule has 4 saturated heterocycles. The minimum absolute atomic E-state index is 0.0827. The van der Waals surface area contributed by atoms with Crippen molar-refractivity contribution < 1.29 is 23.7 Å². The molecule has 290 valence electrons. The number of hydrogen-bond acceptors (Lipinski definition) is 9. The van der Waals surface area contributed by atoms with E-state index in [4.69, 9.17) is 30.5 Å². The van der Waals surface area contributed by atoms with Gasteiger partial charge in [-0.2, -0.15) is 0 Å². The van der Waals surface area contributed by atoms with Crippen molar-refractivity contribution in [2.45, 2.75) is 63.2 Å². The number of hydrogen-bond donors (Lipinski definition) is 4. The third-order valence-corrected chi connectivity index (χ3v) is 10.8. The smallest absolute Gasteiger partial charge is 0.275 e. The third kappa shape index (κ3) is 8.24. The maximum atomic E-state index is 12.3. The molecule has 0 radical (unpaired) electrons. The van der Waals surface area contributed by atoms with Gasteiger partial charge in [-0.3, -0.25) is 9.89 Å². The summed E-state index contributed by atoms with van der Waals surface area (Å²) in [5.41, 5.74) is 5.58. The van der Waals surface area contributed by atoms with Crippen molar-refractivity contribution in [3.8, 4) is 11.8 Å². The number of nitrogens with one attached hydrogen (secondary N) is 4. The second-order valence-electron chi connectivity index (χ2n) is 14.1. The summed E-state index contributed by atoms with van der Waals surface area (Å²) in [6, 6.07) is 33.3. The summed E-state index contributed by atoms with van der Waals surface area (Å²) < 4.78 is 22.8. The second-order valence-corrected chi connectivity index (χ2v) is 14.4. The SMILES string of the molecule is CCOc1ccc(N2C[C@H]3C[C@@H]2[C@H](c2ccccc2)O3)cn1.CCOc1n[nH]c(C(=O)Nc2ccc([C@@H]3O[C@H]4CN[C@@H]3C4)cc2)c1Cl.c1ccc2[nH]ccc2c1. The number of anilines is 2. The molecule has 0 unspecified atom stereocenters. The molecule has 6 atom stereocenters. The fraction of sp³-hybridized carbons (Fsp3) is 0.326. The van der Waals surface area contributed by atoms with E-state index in [2.05, 4.69) is 84.2 Å². The third-order valence-electron chi connectivity index (χ3n) is 10.4. The maximum Gasteiger partial charge on any atom is 0.275 e. The molecule has 4 aliphatic heterocycles. The zero-order valence-corrected chi connectivity index (χ0v) is 32.1. The standard InChI is InChI=1S/C18H20N2O2.C17H19ClN4O3.C8H7N/c1-2-21-17-9-8-14(11-19-17)20-12-15-10-16(20)18(22-15)13-6-4-3-5-7-13;1-2-24-17-13(18)14(21-22-17)16(23)20-10-5-3-9(4-6-10)15-12-7-11(25-15)8-19-12;1-2-4-8-7(3-1)5-6-9-8/h3-9,11,15-16,18H,2,10,12H2,1H3;3-6,11-12,15,19H,2,7-8H2,1H3,(H,20,23)(H,21,22);1-6,9H/t15-,16-,18+;11-,12-,15+;/m11./s1. The van der Waals surface area contributed by atoms with Gasteiger partial charge in [-0.15, -0.1) is 5.10 Å². The molecule has 3 aromatic heterocycles. The molecular formula is C43H46ClN7O5. The molecule has 1 amide bonds. The summed E-state index contributed by atoms with van der Waals surface area (Å²) in [6.45, 7) is 6.74. The second kappa shape index (κ2) is 17.2. The van der Waals surface area contributed by atoms with Crippen LogP contribution in [0.2, 0.25) is 5.02 Å². The summed E-state index contributed by atoms with van der Waals surface area (Å²) in [5, 5.41) is 14.2. The van der Waals surface area contributed by atoms with Crippen LogP contribution in [-0.4, -0.2) is 76.7 Å². The van der Waals surface area contributed by atoms with Crippen LogP contribution in [0.3, 0.4) is 0 Å². The monoisotopic (exact) mass is 775 g/mol. The van der Waals surface area contributed by atoms with Crippen molar-refractivity contribution in [3.05, 3.63) is 131 Å². The number of fused-ring (bicyclic) bond motifs is 5. The molecule has 3 aromatic carbocycles. The van der Waals surface area contributed by atoms with E-state index >= 15 is 0 Å². The van der Waals surface area contributed by atoms with Gasteiger partial charge in [0.2, 0.25) is 5.88 Å². The number of nitrogens with zero attached hydrogens (tertiary/aromatic N) is 3. The number of halogens is 1. The summed E-state index contributed by atoms with van der Waals surface area (Å²) in [7, 11) is 0. The molecule has 6 aromatic rings. The van der Waals surface area contributed by atoms with E-state index in [0.29, 0.717) is 49.1 Å². The lowest BCUT2D eigenvalue weighted by atomic mass is 10.0. The van der Waals surface area contributed by atoms with Gasteiger partial charge >= 0.3 is 0 Å². The number of ether oxygens (including phenoxy) is 4. The molecule has 4 bridgehead atoms. The number of morpholine rings is 2. The van der Waals surface area contributed by atoms with Crippen LogP contribution in [0.1, 0.15) is 60.5 Å². The van der Waals surface area contributed by atoms with Gasteiger partial charge in [0.1, 0.15) is 16.8 Å². The summed E-state index contributed by atoms with van der Waals surface area (Å²) >= 11 is 6.11. The summed E-state index contributed by atoms with van der Waals surface area (Å²) in [5.74, 6) is 0.547. The van der Waals surface area contributed by atoms with Gasteiger partial charge in [-0.25, -0.2) is 4.98 Å². The van der Waals surface area contributed by atoms with E-state index < -0.39 is 0 Å². The predicted octanol–water partition coefficient (Wildman–Crippen LogP) is 7.88. The summed E-state index contributed by atoms with van der Waals surface area (Å²) in [6.07, 6.45) is 6.89. The minimum atomic E-state index is -0.367. The van der Waals surface area contributed by atoms with Crippen LogP contribution in [0.4, 0.5) is 11.4 Å². The highest BCUT2D eigenvalue weighted by Gasteiger charge is 2.47. The van der Waals surface area contributed by atoms with Crippen LogP contribution in [0.25, 0.3) is 10.9 Å². The Morgan fingerprint density at radius 3 is 2.34 bits per heavy atom. The quantitative estimate of drug-likeness (QED) is 0.116. The zero-order valence-electron chi connectivity index (χ0n) is 31.4. The number of carbonyl (C=O) groups is 1. The minimum Gasteiger partial charge on any atom is -0.478 e. The molecule has 56 heavy (non-hydrogen) atoms. The Kier molecular flexibility index (Phi) is 11.5. The summed E-state index contributed by atoms with van der Waals surface area (Å²) in [4.78, 5) is 22.3. The first-order chi connectivity index (χ1) is 27.5. The molecule has 4 N–H and O–H groups in total. The van der Waals surface area contributed by atoms with Crippen molar-refractivity contribution in [2.24, 2.45) is 0 Å². The molecule has 0 saturated carbocycles. The lowest BCUT2D eigenvalue weighted by Crippen LogP contribution is -2.39. The lowest BCUT2D eigenvalue weighted by Gasteiger charge is -2.34. The first-order valence-electron chi connectivity index (χ1n) is 19.2. The highest BCUT2D eigenvalue weighted by atomic mass is 35.5. The average Bonchev–Trinajstić information content (AvgIpc) is 4.11. The molecule has 13 heteroatoms. The lowest BCUT2D eigenvalue weighted by molar-refractivity contribution is 0.0160. The van der Waals surface area contributed by atoms with Gasteiger partial charge in [0.25, 0.3) is 11.8 Å². The van der Waals surface area contributed by atoms with Crippen LogP contribution in [0, 0.1) is 0 Å². The Balaban J connectivity index is 0.000000130. The normalized spacial score (nSPS) is 22.9. The van der Waals surface area contributed by atoms with Crippen LogP contribution < -0.4 is 25.0 Å². The molecule has 10 rings (SSSR count). The van der Waals surface area contributed by atoms with E-state index in [9.17, 15) is 4.79 Å². The highest BCUT2D eigenvalue weighted by Crippen LogP contribution is 2.44. The van der Waals surface area contributed by atoms with Crippen molar-refractivity contribution in [1.82, 2.24) is 25.5 Å². The van der Waals surface area contributed by atoms with Gasteiger partial charge in [0.05, 0.1) is 49.5 Å². The number of pyridine rings is 1. The van der Waals surface area contributed by atoms with E-state index in [0.717, 1.165) is 37.2 Å². The average molecular weight is 776 g/mol. The van der Waals surface area contributed by atoms with Gasteiger partial charge in [0.15, 0.2) is 0 Å². The fourth-order valence-corrected chi connectivity index (χ4v) is 8.07. The molecule has 4 aliphatic rings. The number of H-pyrrole nitrogens is 2. The van der Waals surface area contributed by atoms with Crippen molar-refractivity contribution in [3.63, 3.8) is 0 Å². The van der Waals surface area contributed by atoms with Crippen molar-refractivity contribution in [2.75, 3.05) is 36.5 Å². The van der Waals surface area contributed by atoms with Crippen molar-refractivity contribution >= 4 is 39.8 Å².